The Labute approximate surface area is 115 Å². The van der Waals surface area contributed by atoms with E-state index in [-0.39, 0.29) is 0 Å². The average Bonchev–Trinajstić information content (AvgIpc) is 2.47. The van der Waals surface area contributed by atoms with Gasteiger partial charge in [-0.1, -0.05) is 32.0 Å². The van der Waals surface area contributed by atoms with E-state index in [1.807, 2.05) is 6.07 Å². The summed E-state index contributed by atoms with van der Waals surface area (Å²) < 4.78 is 0. The van der Waals surface area contributed by atoms with E-state index in [9.17, 15) is 0 Å². The molecule has 0 unspecified atom stereocenters. The van der Waals surface area contributed by atoms with Crippen LogP contribution in [0.5, 0.6) is 0 Å². The smallest absolute Gasteiger partial charge is 0.0726 e. The van der Waals surface area contributed by atoms with Gasteiger partial charge in [0.25, 0.3) is 0 Å². The molecule has 0 aliphatic carbocycles. The molecule has 0 amide bonds. The lowest BCUT2D eigenvalue weighted by Gasteiger charge is -2.29. The lowest BCUT2D eigenvalue weighted by molar-refractivity contribution is 0.592. The minimum atomic E-state index is 0.481. The molecule has 0 saturated heterocycles. The molecule has 3 nitrogen and oxygen atoms in total. The zero-order chi connectivity index (χ0) is 13.8. The summed E-state index contributed by atoms with van der Waals surface area (Å²) in [4.78, 5) is 6.96. The summed E-state index contributed by atoms with van der Waals surface area (Å²) in [5.41, 5.74) is 8.98. The molecule has 2 N–H and O–H groups in total. The van der Waals surface area contributed by atoms with Crippen LogP contribution in [0.2, 0.25) is 0 Å². The summed E-state index contributed by atoms with van der Waals surface area (Å²) in [6.45, 7) is 4.95. The fraction of sp³-hybridized carbons (Fsp3) is 0.438. The number of anilines is 1. The second kappa shape index (κ2) is 6.02. The van der Waals surface area contributed by atoms with Gasteiger partial charge in [0.1, 0.15) is 0 Å². The van der Waals surface area contributed by atoms with Crippen molar-refractivity contribution in [2.24, 2.45) is 5.73 Å². The first kappa shape index (κ1) is 13.8. The number of aromatic nitrogens is 1. The van der Waals surface area contributed by atoms with Crippen LogP contribution in [0, 0.1) is 0 Å². The number of hydrogen-bond donors (Lipinski definition) is 1. The van der Waals surface area contributed by atoms with Gasteiger partial charge in [0.05, 0.1) is 11.2 Å². The summed E-state index contributed by atoms with van der Waals surface area (Å²) in [7, 11) is 2.17. The Hall–Kier alpha value is -1.61. The number of pyridine rings is 1. The average molecular weight is 257 g/mol. The summed E-state index contributed by atoms with van der Waals surface area (Å²) in [6, 6.07) is 11.0. The van der Waals surface area contributed by atoms with Crippen molar-refractivity contribution in [3.05, 3.63) is 36.0 Å². The van der Waals surface area contributed by atoms with Gasteiger partial charge < -0.3 is 10.6 Å². The van der Waals surface area contributed by atoms with Crippen LogP contribution in [0.3, 0.4) is 0 Å². The molecular weight excluding hydrogens is 234 g/mol. The van der Waals surface area contributed by atoms with E-state index in [1.165, 1.54) is 11.1 Å². The predicted molar refractivity (Wildman–Crippen MR) is 82.4 cm³/mol. The molecule has 0 bridgehead atoms. The molecule has 0 fully saturated rings. The zero-order valence-electron chi connectivity index (χ0n) is 12.1. The van der Waals surface area contributed by atoms with E-state index in [2.05, 4.69) is 55.0 Å². The van der Waals surface area contributed by atoms with Crippen molar-refractivity contribution < 1.29 is 0 Å². The summed E-state index contributed by atoms with van der Waals surface area (Å²) >= 11 is 0. The second-order valence-electron chi connectivity index (χ2n) is 4.94. The normalized spacial score (nSPS) is 11.2. The molecule has 2 aromatic rings. The van der Waals surface area contributed by atoms with Gasteiger partial charge in [-0.05, 0) is 25.0 Å². The molecule has 0 radical (unpaired) electrons. The highest BCUT2D eigenvalue weighted by molar-refractivity contribution is 5.92. The van der Waals surface area contributed by atoms with E-state index in [0.717, 1.165) is 24.1 Å². The number of nitrogens with zero attached hydrogens (tertiary/aromatic N) is 2. The number of para-hydroxylation sites is 1. The van der Waals surface area contributed by atoms with E-state index >= 15 is 0 Å². The standard InChI is InChI=1S/C16H23N3/c1-4-13(5-2)19(3)16-10-12(11-17)18-15-9-7-6-8-14(15)16/h6-10,13H,4-5,11,17H2,1-3H3. The molecule has 0 saturated carbocycles. The predicted octanol–water partition coefficient (Wildman–Crippen LogP) is 3.32. The highest BCUT2D eigenvalue weighted by atomic mass is 15.1. The number of fused-ring (bicyclic) bond motifs is 1. The minimum absolute atomic E-state index is 0.481. The quantitative estimate of drug-likeness (QED) is 0.893. The summed E-state index contributed by atoms with van der Waals surface area (Å²) in [5.74, 6) is 0. The lowest BCUT2D eigenvalue weighted by Crippen LogP contribution is -2.30. The first-order valence-corrected chi connectivity index (χ1v) is 7.02. The molecule has 3 heteroatoms. The molecule has 0 spiro atoms. The fourth-order valence-corrected chi connectivity index (χ4v) is 2.64. The minimum Gasteiger partial charge on any atom is -0.371 e. The van der Waals surface area contributed by atoms with E-state index < -0.39 is 0 Å². The van der Waals surface area contributed by atoms with Gasteiger partial charge in [0.2, 0.25) is 0 Å². The van der Waals surface area contributed by atoms with Gasteiger partial charge in [0.15, 0.2) is 0 Å². The molecular formula is C16H23N3. The maximum atomic E-state index is 5.77. The third-order valence-corrected chi connectivity index (χ3v) is 3.83. The number of rotatable bonds is 5. The van der Waals surface area contributed by atoms with E-state index in [0.29, 0.717) is 12.6 Å². The fourth-order valence-electron chi connectivity index (χ4n) is 2.64. The van der Waals surface area contributed by atoms with Gasteiger partial charge in [0, 0.05) is 30.7 Å². The summed E-state index contributed by atoms with van der Waals surface area (Å²) in [5, 5.41) is 1.20. The van der Waals surface area contributed by atoms with Crippen molar-refractivity contribution in [1.29, 1.82) is 0 Å². The first-order valence-electron chi connectivity index (χ1n) is 7.02. The molecule has 0 aliphatic rings. The van der Waals surface area contributed by atoms with Crippen LogP contribution in [-0.2, 0) is 6.54 Å². The first-order chi connectivity index (χ1) is 9.21. The molecule has 0 aliphatic heterocycles. The van der Waals surface area contributed by atoms with Crippen LogP contribution < -0.4 is 10.6 Å². The van der Waals surface area contributed by atoms with Gasteiger partial charge in [-0.2, -0.15) is 0 Å². The monoisotopic (exact) mass is 257 g/mol. The molecule has 0 atom stereocenters. The van der Waals surface area contributed by atoms with Gasteiger partial charge in [-0.25, -0.2) is 0 Å². The molecule has 2 rings (SSSR count). The third-order valence-electron chi connectivity index (χ3n) is 3.83. The van der Waals surface area contributed by atoms with Gasteiger partial charge in [-0.15, -0.1) is 0 Å². The van der Waals surface area contributed by atoms with Crippen LogP contribution in [0.4, 0.5) is 5.69 Å². The van der Waals surface area contributed by atoms with Crippen LogP contribution >= 0.6 is 0 Å². The van der Waals surface area contributed by atoms with Crippen LogP contribution in [0.1, 0.15) is 32.4 Å². The Morgan fingerprint density at radius 3 is 2.53 bits per heavy atom. The number of hydrogen-bond acceptors (Lipinski definition) is 3. The maximum Gasteiger partial charge on any atom is 0.0726 e. The van der Waals surface area contributed by atoms with Gasteiger partial charge in [-0.3, -0.25) is 4.98 Å². The topological polar surface area (TPSA) is 42.1 Å². The maximum absolute atomic E-state index is 5.77. The molecule has 102 valence electrons. The van der Waals surface area contributed by atoms with E-state index in [4.69, 9.17) is 5.73 Å². The van der Waals surface area contributed by atoms with Crippen molar-refractivity contribution in [3.63, 3.8) is 0 Å². The van der Waals surface area contributed by atoms with Gasteiger partial charge >= 0.3 is 0 Å². The lowest BCUT2D eigenvalue weighted by atomic mass is 10.1. The highest BCUT2D eigenvalue weighted by Gasteiger charge is 2.15. The Morgan fingerprint density at radius 2 is 1.89 bits per heavy atom. The summed E-state index contributed by atoms with van der Waals surface area (Å²) in [6.07, 6.45) is 2.28. The number of benzene rings is 1. The van der Waals surface area contributed by atoms with Crippen LogP contribution in [0.25, 0.3) is 10.9 Å². The van der Waals surface area contributed by atoms with Crippen molar-refractivity contribution >= 4 is 16.6 Å². The molecule has 1 aromatic heterocycles. The largest absolute Gasteiger partial charge is 0.371 e. The van der Waals surface area contributed by atoms with Crippen molar-refractivity contribution in [2.75, 3.05) is 11.9 Å². The van der Waals surface area contributed by atoms with E-state index in [1.54, 1.807) is 0 Å². The highest BCUT2D eigenvalue weighted by Crippen LogP contribution is 2.28. The van der Waals surface area contributed by atoms with Crippen LogP contribution in [0.15, 0.2) is 30.3 Å². The Bertz CT molecular complexity index is 547. The Morgan fingerprint density at radius 1 is 1.21 bits per heavy atom. The Balaban J connectivity index is 2.57. The molecule has 19 heavy (non-hydrogen) atoms. The Kier molecular flexibility index (Phi) is 4.38. The third kappa shape index (κ3) is 2.71. The SMILES string of the molecule is CCC(CC)N(C)c1cc(CN)nc2ccccc12. The second-order valence-corrected chi connectivity index (χ2v) is 4.94. The zero-order valence-corrected chi connectivity index (χ0v) is 12.1. The van der Waals surface area contributed by atoms with Crippen molar-refractivity contribution in [3.8, 4) is 0 Å². The van der Waals surface area contributed by atoms with Crippen molar-refractivity contribution in [1.82, 2.24) is 4.98 Å². The van der Waals surface area contributed by atoms with Crippen molar-refractivity contribution in [2.45, 2.75) is 39.3 Å². The molecule has 1 heterocycles. The number of nitrogens with two attached hydrogens (primary N) is 1. The molecule has 1 aromatic carbocycles. The van der Waals surface area contributed by atoms with Crippen LogP contribution in [-0.4, -0.2) is 18.1 Å².